The van der Waals surface area contributed by atoms with Crippen LogP contribution in [0.5, 0.6) is 0 Å². The highest BCUT2D eigenvalue weighted by molar-refractivity contribution is 5.83. The zero-order valence-corrected chi connectivity index (χ0v) is 11.3. The SMILES string of the molecule is CCN(CC1CCC1)C(=O)C1(CC)CCNC1. The number of rotatable bonds is 5. The molecule has 1 saturated heterocycles. The maximum Gasteiger partial charge on any atom is 0.230 e. The molecular weight excluding hydrogens is 212 g/mol. The van der Waals surface area contributed by atoms with E-state index in [4.69, 9.17) is 0 Å². The van der Waals surface area contributed by atoms with Crippen molar-refractivity contribution in [3.63, 3.8) is 0 Å². The second-order valence-corrected chi connectivity index (χ2v) is 5.70. The number of hydrogen-bond acceptors (Lipinski definition) is 2. The van der Waals surface area contributed by atoms with Crippen molar-refractivity contribution in [2.45, 2.75) is 46.0 Å². The van der Waals surface area contributed by atoms with Gasteiger partial charge >= 0.3 is 0 Å². The van der Waals surface area contributed by atoms with Crippen molar-refractivity contribution < 1.29 is 4.79 Å². The fraction of sp³-hybridized carbons (Fsp3) is 0.929. The largest absolute Gasteiger partial charge is 0.342 e. The lowest BCUT2D eigenvalue weighted by Gasteiger charge is -2.37. The van der Waals surface area contributed by atoms with Gasteiger partial charge in [0.15, 0.2) is 0 Å². The van der Waals surface area contributed by atoms with Gasteiger partial charge in [-0.2, -0.15) is 0 Å². The van der Waals surface area contributed by atoms with Crippen LogP contribution in [0.3, 0.4) is 0 Å². The molecule has 2 rings (SSSR count). The van der Waals surface area contributed by atoms with E-state index in [-0.39, 0.29) is 5.41 Å². The third kappa shape index (κ3) is 2.49. The third-order valence-corrected chi connectivity index (χ3v) is 4.75. The summed E-state index contributed by atoms with van der Waals surface area (Å²) in [5.74, 6) is 1.18. The molecule has 1 saturated carbocycles. The molecule has 3 nitrogen and oxygen atoms in total. The molecule has 1 atom stereocenters. The average molecular weight is 238 g/mol. The molecule has 1 aliphatic heterocycles. The third-order valence-electron chi connectivity index (χ3n) is 4.75. The Balaban J connectivity index is 1.99. The highest BCUT2D eigenvalue weighted by atomic mass is 16.2. The zero-order valence-electron chi connectivity index (χ0n) is 11.3. The highest BCUT2D eigenvalue weighted by Crippen LogP contribution is 2.33. The van der Waals surface area contributed by atoms with Gasteiger partial charge in [0.2, 0.25) is 5.91 Å². The van der Waals surface area contributed by atoms with Crippen LogP contribution in [0.15, 0.2) is 0 Å². The monoisotopic (exact) mass is 238 g/mol. The van der Waals surface area contributed by atoms with Gasteiger partial charge in [-0.25, -0.2) is 0 Å². The number of carbonyl (C=O) groups is 1. The van der Waals surface area contributed by atoms with Crippen LogP contribution >= 0.6 is 0 Å². The maximum atomic E-state index is 12.7. The Bertz CT molecular complexity index is 267. The molecule has 1 N–H and O–H groups in total. The summed E-state index contributed by atoms with van der Waals surface area (Å²) in [4.78, 5) is 14.8. The van der Waals surface area contributed by atoms with Crippen molar-refractivity contribution in [1.29, 1.82) is 0 Å². The Morgan fingerprint density at radius 2 is 2.18 bits per heavy atom. The lowest BCUT2D eigenvalue weighted by Crippen LogP contribution is -2.47. The minimum Gasteiger partial charge on any atom is -0.342 e. The molecular formula is C14H26N2O. The van der Waals surface area contributed by atoms with E-state index in [1.165, 1.54) is 19.3 Å². The lowest BCUT2D eigenvalue weighted by atomic mass is 9.81. The second kappa shape index (κ2) is 5.38. The van der Waals surface area contributed by atoms with Crippen molar-refractivity contribution in [3.05, 3.63) is 0 Å². The van der Waals surface area contributed by atoms with Crippen molar-refractivity contribution in [2.24, 2.45) is 11.3 Å². The first-order chi connectivity index (χ1) is 8.22. The van der Waals surface area contributed by atoms with Gasteiger partial charge in [0.1, 0.15) is 0 Å². The minimum absolute atomic E-state index is 0.0975. The number of amides is 1. The molecule has 0 aromatic heterocycles. The molecule has 0 spiro atoms. The van der Waals surface area contributed by atoms with E-state index in [1.807, 2.05) is 0 Å². The zero-order chi connectivity index (χ0) is 12.3. The van der Waals surface area contributed by atoms with Crippen LogP contribution in [0.4, 0.5) is 0 Å². The summed E-state index contributed by atoms with van der Waals surface area (Å²) in [5.41, 5.74) is -0.0975. The molecule has 1 heterocycles. The van der Waals surface area contributed by atoms with E-state index in [0.717, 1.165) is 44.9 Å². The van der Waals surface area contributed by atoms with Gasteiger partial charge in [0.25, 0.3) is 0 Å². The number of hydrogen-bond donors (Lipinski definition) is 1. The van der Waals surface area contributed by atoms with Gasteiger partial charge in [-0.1, -0.05) is 13.3 Å². The fourth-order valence-corrected chi connectivity index (χ4v) is 3.06. The number of carbonyl (C=O) groups excluding carboxylic acids is 1. The van der Waals surface area contributed by atoms with Gasteiger partial charge in [-0.3, -0.25) is 4.79 Å². The van der Waals surface area contributed by atoms with Gasteiger partial charge in [-0.15, -0.1) is 0 Å². The molecule has 2 aliphatic rings. The predicted octanol–water partition coefficient (Wildman–Crippen LogP) is 2.02. The Hall–Kier alpha value is -0.570. The molecule has 0 radical (unpaired) electrons. The Morgan fingerprint density at radius 1 is 1.41 bits per heavy atom. The van der Waals surface area contributed by atoms with Crippen LogP contribution in [0.25, 0.3) is 0 Å². The van der Waals surface area contributed by atoms with Crippen molar-refractivity contribution >= 4 is 5.91 Å². The van der Waals surface area contributed by atoms with Crippen molar-refractivity contribution in [3.8, 4) is 0 Å². The van der Waals surface area contributed by atoms with E-state index < -0.39 is 0 Å². The van der Waals surface area contributed by atoms with E-state index >= 15 is 0 Å². The Morgan fingerprint density at radius 3 is 2.59 bits per heavy atom. The van der Waals surface area contributed by atoms with Gasteiger partial charge in [0, 0.05) is 19.6 Å². The van der Waals surface area contributed by atoms with Crippen LogP contribution in [0.1, 0.15) is 46.0 Å². The standard InChI is InChI=1S/C14H26N2O/c1-3-14(8-9-15-11-14)13(17)16(4-2)10-12-6-5-7-12/h12,15H,3-11H2,1-2H3. The first kappa shape index (κ1) is 12.9. The summed E-state index contributed by atoms with van der Waals surface area (Å²) in [6, 6.07) is 0. The molecule has 1 aliphatic carbocycles. The van der Waals surface area contributed by atoms with Crippen molar-refractivity contribution in [2.75, 3.05) is 26.2 Å². The molecule has 3 heteroatoms. The highest BCUT2D eigenvalue weighted by Gasteiger charge is 2.42. The van der Waals surface area contributed by atoms with E-state index in [9.17, 15) is 4.79 Å². The quantitative estimate of drug-likeness (QED) is 0.795. The summed E-state index contributed by atoms with van der Waals surface area (Å²) in [7, 11) is 0. The molecule has 1 unspecified atom stereocenters. The van der Waals surface area contributed by atoms with Gasteiger partial charge in [-0.05, 0) is 45.1 Å². The molecule has 0 bridgehead atoms. The van der Waals surface area contributed by atoms with Gasteiger partial charge in [0.05, 0.1) is 5.41 Å². The second-order valence-electron chi connectivity index (χ2n) is 5.70. The predicted molar refractivity (Wildman–Crippen MR) is 69.8 cm³/mol. The molecule has 17 heavy (non-hydrogen) atoms. The molecule has 1 amide bonds. The van der Waals surface area contributed by atoms with E-state index in [2.05, 4.69) is 24.1 Å². The lowest BCUT2D eigenvalue weighted by molar-refractivity contribution is -0.142. The van der Waals surface area contributed by atoms with Crippen molar-refractivity contribution in [1.82, 2.24) is 10.2 Å². The van der Waals surface area contributed by atoms with Crippen LogP contribution in [-0.4, -0.2) is 37.0 Å². The summed E-state index contributed by atoms with van der Waals surface area (Å²) in [6.07, 6.45) is 5.99. The van der Waals surface area contributed by atoms with Crippen LogP contribution in [-0.2, 0) is 4.79 Å². The maximum absolute atomic E-state index is 12.7. The van der Waals surface area contributed by atoms with E-state index in [0.29, 0.717) is 5.91 Å². The first-order valence-electron chi connectivity index (χ1n) is 7.22. The molecule has 0 aromatic carbocycles. The first-order valence-corrected chi connectivity index (χ1v) is 7.22. The minimum atomic E-state index is -0.0975. The Labute approximate surface area is 105 Å². The smallest absolute Gasteiger partial charge is 0.230 e. The Kier molecular flexibility index (Phi) is 4.08. The summed E-state index contributed by atoms with van der Waals surface area (Å²) >= 11 is 0. The normalized spacial score (nSPS) is 29.1. The summed E-state index contributed by atoms with van der Waals surface area (Å²) in [5, 5.41) is 3.36. The topological polar surface area (TPSA) is 32.3 Å². The van der Waals surface area contributed by atoms with Crippen LogP contribution in [0, 0.1) is 11.3 Å². The van der Waals surface area contributed by atoms with Crippen LogP contribution < -0.4 is 5.32 Å². The molecule has 98 valence electrons. The fourth-order valence-electron chi connectivity index (χ4n) is 3.06. The summed E-state index contributed by atoms with van der Waals surface area (Å²) < 4.78 is 0. The van der Waals surface area contributed by atoms with E-state index in [1.54, 1.807) is 0 Å². The molecule has 2 fully saturated rings. The summed E-state index contributed by atoms with van der Waals surface area (Å²) in [6.45, 7) is 8.02. The number of nitrogens with one attached hydrogen (secondary N) is 1. The number of nitrogens with zero attached hydrogens (tertiary/aromatic N) is 1. The van der Waals surface area contributed by atoms with Gasteiger partial charge < -0.3 is 10.2 Å². The molecule has 0 aromatic rings. The average Bonchev–Trinajstić information content (AvgIpc) is 2.77. The van der Waals surface area contributed by atoms with Crippen LogP contribution in [0.2, 0.25) is 0 Å².